The molecule has 1 atom stereocenters. The number of carbonyl (C=O) groups is 2. The number of carbonyl (C=O) groups excluding carboxylic acids is 2. The first-order chi connectivity index (χ1) is 5.25. The molecule has 0 spiro atoms. The Kier molecular flexibility index (Phi) is 3.16. The highest BCUT2D eigenvalue weighted by Crippen LogP contribution is 1.96. The van der Waals surface area contributed by atoms with Crippen molar-refractivity contribution in [2.45, 2.75) is 12.2 Å². The molecule has 1 unspecified atom stereocenters. The number of rotatable bonds is 2. The van der Waals surface area contributed by atoms with Crippen LogP contribution in [0.3, 0.4) is 0 Å². The summed E-state index contributed by atoms with van der Waals surface area (Å²) < 4.78 is 28.9. The van der Waals surface area contributed by atoms with Crippen molar-refractivity contribution >= 4 is 22.1 Å². The minimum atomic E-state index is -4.47. The van der Waals surface area contributed by atoms with Crippen molar-refractivity contribution in [1.29, 1.82) is 0 Å². The van der Waals surface area contributed by atoms with E-state index in [9.17, 15) is 18.0 Å². The van der Waals surface area contributed by atoms with Crippen molar-refractivity contribution in [2.75, 3.05) is 0 Å². The lowest BCUT2D eigenvalue weighted by Crippen LogP contribution is -2.43. The fourth-order valence-corrected chi connectivity index (χ4v) is 0.688. The molecule has 0 aliphatic heterocycles. The van der Waals surface area contributed by atoms with Crippen LogP contribution in [0, 0.1) is 0 Å². The van der Waals surface area contributed by atoms with Gasteiger partial charge < -0.3 is 5.73 Å². The maximum absolute atomic E-state index is 10.6. The summed E-state index contributed by atoms with van der Waals surface area (Å²) in [4.78, 5) is 20.7. The molecule has 7 nitrogen and oxygen atoms in total. The van der Waals surface area contributed by atoms with Gasteiger partial charge in [-0.15, -0.1) is 0 Å². The van der Waals surface area contributed by atoms with Gasteiger partial charge in [0.1, 0.15) is 0 Å². The van der Waals surface area contributed by atoms with E-state index >= 15 is 0 Å². The van der Waals surface area contributed by atoms with E-state index in [0.717, 1.165) is 6.92 Å². The fraction of sp³-hybridized carbons (Fsp3) is 0.500. The molecule has 0 rings (SSSR count). The number of amides is 3. The standard InChI is InChI=1S/C4H8N2O5S/c1-2(12(9,10)11)3(7)6-4(5)8/h2H,1H3,(H,9,10,11)(H3,5,6,7,8). The minimum Gasteiger partial charge on any atom is -0.351 e. The summed E-state index contributed by atoms with van der Waals surface area (Å²) in [6.07, 6.45) is 0. The Morgan fingerprint density at radius 1 is 1.50 bits per heavy atom. The van der Waals surface area contributed by atoms with Gasteiger partial charge in [-0.25, -0.2) is 4.79 Å². The predicted octanol–water partition coefficient (Wildman–Crippen LogP) is -1.54. The van der Waals surface area contributed by atoms with Gasteiger partial charge in [0.2, 0.25) is 5.91 Å². The Balaban J connectivity index is 4.42. The molecule has 0 bridgehead atoms. The van der Waals surface area contributed by atoms with E-state index in [1.54, 1.807) is 0 Å². The van der Waals surface area contributed by atoms with Crippen molar-refractivity contribution in [3.05, 3.63) is 0 Å². The van der Waals surface area contributed by atoms with Gasteiger partial charge in [-0.1, -0.05) is 0 Å². The van der Waals surface area contributed by atoms with Gasteiger partial charge in [0, 0.05) is 0 Å². The van der Waals surface area contributed by atoms with Crippen LogP contribution in [0.1, 0.15) is 6.92 Å². The highest BCUT2D eigenvalue weighted by Gasteiger charge is 2.26. The van der Waals surface area contributed by atoms with Crippen LogP contribution in [0.15, 0.2) is 0 Å². The molecule has 0 saturated carbocycles. The topological polar surface area (TPSA) is 127 Å². The largest absolute Gasteiger partial charge is 0.351 e. The molecule has 0 saturated heterocycles. The molecule has 4 N–H and O–H groups in total. The SMILES string of the molecule is CC(C(=O)NC(N)=O)S(=O)(=O)O. The molecule has 0 aromatic heterocycles. The molecule has 3 amide bonds. The van der Waals surface area contributed by atoms with Gasteiger partial charge in [-0.05, 0) is 6.92 Å². The molecule has 70 valence electrons. The van der Waals surface area contributed by atoms with Crippen LogP contribution >= 0.6 is 0 Å². The molecule has 0 fully saturated rings. The molecule has 8 heteroatoms. The molecular formula is C4H8N2O5S. The van der Waals surface area contributed by atoms with Gasteiger partial charge >= 0.3 is 6.03 Å². The summed E-state index contributed by atoms with van der Waals surface area (Å²) in [5.41, 5.74) is 4.53. The lowest BCUT2D eigenvalue weighted by Gasteiger charge is -2.05. The van der Waals surface area contributed by atoms with E-state index in [1.807, 2.05) is 0 Å². The zero-order valence-corrected chi connectivity index (χ0v) is 6.96. The van der Waals surface area contributed by atoms with Gasteiger partial charge in [0.25, 0.3) is 10.1 Å². The van der Waals surface area contributed by atoms with Crippen LogP contribution < -0.4 is 11.1 Å². The van der Waals surface area contributed by atoms with Crippen molar-refractivity contribution in [3.63, 3.8) is 0 Å². The highest BCUT2D eigenvalue weighted by atomic mass is 32.2. The Labute approximate surface area is 68.7 Å². The van der Waals surface area contributed by atoms with Gasteiger partial charge in [0.15, 0.2) is 5.25 Å². The Hall–Kier alpha value is -1.15. The van der Waals surface area contributed by atoms with Crippen molar-refractivity contribution < 1.29 is 22.6 Å². The van der Waals surface area contributed by atoms with Gasteiger partial charge in [0.05, 0.1) is 0 Å². The summed E-state index contributed by atoms with van der Waals surface area (Å²) in [7, 11) is -4.47. The lowest BCUT2D eigenvalue weighted by molar-refractivity contribution is -0.119. The van der Waals surface area contributed by atoms with E-state index in [0.29, 0.717) is 0 Å². The van der Waals surface area contributed by atoms with Crippen LogP contribution in [0.4, 0.5) is 4.79 Å². The van der Waals surface area contributed by atoms with Gasteiger partial charge in [-0.2, -0.15) is 8.42 Å². The Bertz CT molecular complexity index is 295. The molecule has 0 aromatic rings. The number of hydrogen-bond acceptors (Lipinski definition) is 4. The first-order valence-corrected chi connectivity index (χ1v) is 4.32. The van der Waals surface area contributed by atoms with Crippen LogP contribution in [0.25, 0.3) is 0 Å². The molecule has 12 heavy (non-hydrogen) atoms. The smallest absolute Gasteiger partial charge is 0.318 e. The first-order valence-electron chi connectivity index (χ1n) is 2.81. The minimum absolute atomic E-state index is 0.924. The maximum atomic E-state index is 10.6. The summed E-state index contributed by atoms with van der Waals surface area (Å²) >= 11 is 0. The molecule has 0 heterocycles. The fourth-order valence-electron chi connectivity index (χ4n) is 0.358. The second kappa shape index (κ2) is 3.50. The second-order valence-corrected chi connectivity index (χ2v) is 3.75. The third kappa shape index (κ3) is 3.30. The highest BCUT2D eigenvalue weighted by molar-refractivity contribution is 7.87. The number of imide groups is 1. The van der Waals surface area contributed by atoms with Crippen LogP contribution in [0.5, 0.6) is 0 Å². The molecule has 0 aromatic carbocycles. The van der Waals surface area contributed by atoms with E-state index in [4.69, 9.17) is 4.55 Å². The van der Waals surface area contributed by atoms with Crippen molar-refractivity contribution in [2.24, 2.45) is 5.73 Å². The average molecular weight is 196 g/mol. The van der Waals surface area contributed by atoms with Crippen LogP contribution in [-0.4, -0.2) is 30.2 Å². The van der Waals surface area contributed by atoms with Gasteiger partial charge in [-0.3, -0.25) is 14.7 Å². The van der Waals surface area contributed by atoms with Crippen molar-refractivity contribution in [3.8, 4) is 0 Å². The molecule has 0 radical (unpaired) electrons. The average Bonchev–Trinajstić information content (AvgIpc) is 1.82. The van der Waals surface area contributed by atoms with Crippen molar-refractivity contribution in [1.82, 2.24) is 5.32 Å². The Morgan fingerprint density at radius 3 is 2.17 bits per heavy atom. The monoisotopic (exact) mass is 196 g/mol. The molecule has 0 aliphatic rings. The lowest BCUT2D eigenvalue weighted by atomic mass is 10.4. The number of hydrogen-bond donors (Lipinski definition) is 3. The Morgan fingerprint density at radius 2 is 1.92 bits per heavy atom. The summed E-state index contributed by atoms with van der Waals surface area (Å²) in [5, 5.41) is -0.194. The number of nitrogens with one attached hydrogen (secondary N) is 1. The third-order valence-electron chi connectivity index (χ3n) is 1.06. The normalized spacial score (nSPS) is 13.5. The van der Waals surface area contributed by atoms with E-state index < -0.39 is 27.3 Å². The number of nitrogens with two attached hydrogens (primary N) is 1. The van der Waals surface area contributed by atoms with E-state index in [-0.39, 0.29) is 0 Å². The summed E-state index contributed by atoms with van der Waals surface area (Å²) in [6, 6.07) is -1.17. The second-order valence-electron chi connectivity index (χ2n) is 2.01. The number of primary amides is 1. The number of urea groups is 1. The quantitative estimate of drug-likeness (QED) is 0.461. The first kappa shape index (κ1) is 10.8. The third-order valence-corrected chi connectivity index (χ3v) is 2.17. The summed E-state index contributed by atoms with van der Waals surface area (Å²) in [6.45, 7) is 0.924. The maximum Gasteiger partial charge on any atom is 0.318 e. The van der Waals surface area contributed by atoms with Crippen LogP contribution in [-0.2, 0) is 14.9 Å². The zero-order chi connectivity index (χ0) is 9.94. The van der Waals surface area contributed by atoms with Crippen LogP contribution in [0.2, 0.25) is 0 Å². The molecule has 0 aliphatic carbocycles. The molecular weight excluding hydrogens is 188 g/mol. The van der Waals surface area contributed by atoms with E-state index in [1.165, 1.54) is 5.32 Å². The predicted molar refractivity (Wildman–Crippen MR) is 38.7 cm³/mol. The zero-order valence-electron chi connectivity index (χ0n) is 6.14. The summed E-state index contributed by atoms with van der Waals surface area (Å²) in [5.74, 6) is -1.16. The van der Waals surface area contributed by atoms with E-state index in [2.05, 4.69) is 5.73 Å².